The summed E-state index contributed by atoms with van der Waals surface area (Å²) in [5, 5.41) is 3.15. The molecule has 1 N–H and O–H groups in total. The van der Waals surface area contributed by atoms with Gasteiger partial charge >= 0.3 is 5.97 Å². The molecule has 1 unspecified atom stereocenters. The van der Waals surface area contributed by atoms with Crippen molar-refractivity contribution in [1.29, 1.82) is 0 Å². The zero-order chi connectivity index (χ0) is 15.5. The standard InChI is InChI=1S/C16H15BrFNO2/c1-16(15(20)21-2,11-3-7-13(18)8-4-11)19-14-9-5-12(17)6-10-14/h3-10,19H,1-2H3. The average Bonchev–Trinajstić information content (AvgIpc) is 2.49. The summed E-state index contributed by atoms with van der Waals surface area (Å²) in [5.41, 5.74) is 0.283. The SMILES string of the molecule is COC(=O)C(C)(Nc1ccc(Br)cc1)c1ccc(F)cc1. The van der Waals surface area contributed by atoms with Crippen LogP contribution in [-0.4, -0.2) is 13.1 Å². The molecule has 0 aromatic heterocycles. The number of ether oxygens (including phenoxy) is 1. The third-order valence-electron chi connectivity index (χ3n) is 3.25. The van der Waals surface area contributed by atoms with Gasteiger partial charge in [0, 0.05) is 10.2 Å². The van der Waals surface area contributed by atoms with Crippen LogP contribution in [0.3, 0.4) is 0 Å². The average molecular weight is 352 g/mol. The number of benzene rings is 2. The Morgan fingerprint density at radius 1 is 1.14 bits per heavy atom. The molecule has 2 aromatic carbocycles. The molecule has 0 heterocycles. The molecule has 0 amide bonds. The number of hydrogen-bond donors (Lipinski definition) is 1. The molecule has 0 saturated heterocycles. The lowest BCUT2D eigenvalue weighted by atomic mass is 9.91. The third kappa shape index (κ3) is 3.42. The maximum absolute atomic E-state index is 13.1. The summed E-state index contributed by atoms with van der Waals surface area (Å²) < 4.78 is 18.9. The van der Waals surface area contributed by atoms with E-state index >= 15 is 0 Å². The third-order valence-corrected chi connectivity index (χ3v) is 3.78. The van der Waals surface area contributed by atoms with Crippen LogP contribution in [-0.2, 0) is 15.1 Å². The van der Waals surface area contributed by atoms with E-state index in [0.29, 0.717) is 5.56 Å². The largest absolute Gasteiger partial charge is 0.467 e. The predicted octanol–water partition coefficient (Wildman–Crippen LogP) is 4.09. The molecule has 0 radical (unpaired) electrons. The van der Waals surface area contributed by atoms with Crippen molar-refractivity contribution in [3.8, 4) is 0 Å². The van der Waals surface area contributed by atoms with E-state index in [1.807, 2.05) is 24.3 Å². The number of methoxy groups -OCH3 is 1. The number of halogens is 2. The molecule has 110 valence electrons. The first-order valence-electron chi connectivity index (χ1n) is 6.34. The predicted molar refractivity (Wildman–Crippen MR) is 83.5 cm³/mol. The summed E-state index contributed by atoms with van der Waals surface area (Å²) in [5.74, 6) is -0.799. The molecule has 0 aliphatic rings. The maximum Gasteiger partial charge on any atom is 0.335 e. The van der Waals surface area contributed by atoms with Crippen LogP contribution in [0.25, 0.3) is 0 Å². The van der Waals surface area contributed by atoms with Gasteiger partial charge < -0.3 is 10.1 Å². The number of esters is 1. The van der Waals surface area contributed by atoms with Gasteiger partial charge in [-0.2, -0.15) is 0 Å². The van der Waals surface area contributed by atoms with Gasteiger partial charge in [-0.25, -0.2) is 9.18 Å². The van der Waals surface area contributed by atoms with Crippen LogP contribution in [0.15, 0.2) is 53.0 Å². The van der Waals surface area contributed by atoms with Gasteiger partial charge in [0.2, 0.25) is 0 Å². The molecule has 2 aromatic rings. The lowest BCUT2D eigenvalue weighted by molar-refractivity contribution is -0.145. The summed E-state index contributed by atoms with van der Waals surface area (Å²) in [7, 11) is 1.33. The normalized spacial score (nSPS) is 13.3. The minimum Gasteiger partial charge on any atom is -0.467 e. The van der Waals surface area contributed by atoms with Crippen molar-refractivity contribution in [1.82, 2.24) is 0 Å². The summed E-state index contributed by atoms with van der Waals surface area (Å²) in [4.78, 5) is 12.2. The molecule has 0 aliphatic carbocycles. The first-order valence-corrected chi connectivity index (χ1v) is 7.13. The number of rotatable bonds is 4. The molecule has 0 aliphatic heterocycles. The number of nitrogens with one attached hydrogen (secondary N) is 1. The summed E-state index contributed by atoms with van der Waals surface area (Å²) in [6, 6.07) is 13.2. The Balaban J connectivity index is 2.39. The van der Waals surface area contributed by atoms with E-state index in [1.165, 1.54) is 19.2 Å². The maximum atomic E-state index is 13.1. The van der Waals surface area contributed by atoms with E-state index in [2.05, 4.69) is 21.2 Å². The molecule has 3 nitrogen and oxygen atoms in total. The van der Waals surface area contributed by atoms with Gasteiger partial charge in [0.05, 0.1) is 7.11 Å². The highest BCUT2D eigenvalue weighted by atomic mass is 79.9. The first kappa shape index (κ1) is 15.5. The number of anilines is 1. The fourth-order valence-corrected chi connectivity index (χ4v) is 2.31. The summed E-state index contributed by atoms with van der Waals surface area (Å²) in [6.07, 6.45) is 0. The monoisotopic (exact) mass is 351 g/mol. The summed E-state index contributed by atoms with van der Waals surface area (Å²) in [6.45, 7) is 1.70. The zero-order valence-corrected chi connectivity index (χ0v) is 13.3. The highest BCUT2D eigenvalue weighted by Crippen LogP contribution is 2.28. The lowest BCUT2D eigenvalue weighted by Crippen LogP contribution is -2.41. The summed E-state index contributed by atoms with van der Waals surface area (Å²) >= 11 is 3.36. The molecule has 1 atom stereocenters. The second-order valence-electron chi connectivity index (χ2n) is 4.76. The van der Waals surface area contributed by atoms with Gasteiger partial charge in [0.25, 0.3) is 0 Å². The molecule has 2 rings (SSSR count). The molecule has 0 bridgehead atoms. The number of carbonyl (C=O) groups excluding carboxylic acids is 1. The molecule has 0 fully saturated rings. The Kier molecular flexibility index (Phi) is 4.63. The van der Waals surface area contributed by atoms with Gasteiger partial charge in [-0.3, -0.25) is 0 Å². The fraction of sp³-hybridized carbons (Fsp3) is 0.188. The smallest absolute Gasteiger partial charge is 0.335 e. The van der Waals surface area contributed by atoms with E-state index in [-0.39, 0.29) is 5.82 Å². The number of carbonyl (C=O) groups is 1. The number of hydrogen-bond acceptors (Lipinski definition) is 3. The van der Waals surface area contributed by atoms with Crippen molar-refractivity contribution in [2.45, 2.75) is 12.5 Å². The molecular formula is C16H15BrFNO2. The Morgan fingerprint density at radius 2 is 1.71 bits per heavy atom. The van der Waals surface area contributed by atoms with Crippen LogP contribution >= 0.6 is 15.9 Å². The van der Waals surface area contributed by atoms with E-state index in [0.717, 1.165) is 10.2 Å². The van der Waals surface area contributed by atoms with Gasteiger partial charge in [0.1, 0.15) is 5.82 Å². The molecule has 5 heteroatoms. The molecule has 0 spiro atoms. The van der Waals surface area contributed by atoms with Gasteiger partial charge in [-0.15, -0.1) is 0 Å². The second kappa shape index (κ2) is 6.26. The van der Waals surface area contributed by atoms with Gasteiger partial charge in [-0.05, 0) is 48.9 Å². The fourth-order valence-electron chi connectivity index (χ4n) is 2.05. The van der Waals surface area contributed by atoms with Crippen LogP contribution in [0.2, 0.25) is 0 Å². The Hall–Kier alpha value is -1.88. The Morgan fingerprint density at radius 3 is 2.24 bits per heavy atom. The first-order chi connectivity index (χ1) is 9.95. The highest BCUT2D eigenvalue weighted by Gasteiger charge is 2.36. The minimum absolute atomic E-state index is 0.352. The van der Waals surface area contributed by atoms with Crippen LogP contribution in [0.1, 0.15) is 12.5 Å². The van der Waals surface area contributed by atoms with Crippen molar-refractivity contribution in [2.24, 2.45) is 0 Å². The van der Waals surface area contributed by atoms with Crippen molar-refractivity contribution in [2.75, 3.05) is 12.4 Å². The van der Waals surface area contributed by atoms with Crippen molar-refractivity contribution in [3.63, 3.8) is 0 Å². The lowest BCUT2D eigenvalue weighted by Gasteiger charge is -2.29. The Bertz CT molecular complexity index is 628. The quantitative estimate of drug-likeness (QED) is 0.843. The molecule has 21 heavy (non-hydrogen) atoms. The van der Waals surface area contributed by atoms with E-state index < -0.39 is 11.5 Å². The Labute approximate surface area is 131 Å². The van der Waals surface area contributed by atoms with Gasteiger partial charge in [0.15, 0.2) is 5.54 Å². The molecular weight excluding hydrogens is 337 g/mol. The van der Waals surface area contributed by atoms with E-state index in [4.69, 9.17) is 4.74 Å². The van der Waals surface area contributed by atoms with Crippen LogP contribution in [0.5, 0.6) is 0 Å². The zero-order valence-electron chi connectivity index (χ0n) is 11.7. The second-order valence-corrected chi connectivity index (χ2v) is 5.67. The van der Waals surface area contributed by atoms with Crippen molar-refractivity contribution in [3.05, 3.63) is 64.4 Å². The van der Waals surface area contributed by atoms with Crippen LogP contribution in [0.4, 0.5) is 10.1 Å². The van der Waals surface area contributed by atoms with Crippen molar-refractivity contribution < 1.29 is 13.9 Å². The topological polar surface area (TPSA) is 38.3 Å². The van der Waals surface area contributed by atoms with E-state index in [1.54, 1.807) is 19.1 Å². The molecule has 0 saturated carbocycles. The van der Waals surface area contributed by atoms with Crippen LogP contribution < -0.4 is 5.32 Å². The minimum atomic E-state index is -1.10. The highest BCUT2D eigenvalue weighted by molar-refractivity contribution is 9.10. The van der Waals surface area contributed by atoms with Crippen LogP contribution in [0, 0.1) is 5.82 Å². The van der Waals surface area contributed by atoms with Gasteiger partial charge in [-0.1, -0.05) is 28.1 Å². The van der Waals surface area contributed by atoms with Crippen molar-refractivity contribution >= 4 is 27.6 Å². The van der Waals surface area contributed by atoms with E-state index in [9.17, 15) is 9.18 Å².